The number of halogens is 2. The third-order valence-corrected chi connectivity index (χ3v) is 3.82. The normalized spacial score (nSPS) is 11.2. The lowest BCUT2D eigenvalue weighted by atomic mass is 9.97. The zero-order valence-electron chi connectivity index (χ0n) is 14.7. The number of carbonyl (C=O) groups is 2. The van der Waals surface area contributed by atoms with E-state index in [0.717, 1.165) is 18.2 Å². The SMILES string of the molecule is CCOC(=O)C(C(=O)O)c1ccc([N+](=O)[O-])c(Oc2cc(Cl)cc(C#N)c2)c1F. The van der Waals surface area contributed by atoms with Crippen molar-refractivity contribution in [1.29, 1.82) is 5.26 Å². The van der Waals surface area contributed by atoms with Gasteiger partial charge in [-0.2, -0.15) is 5.26 Å². The number of hydrogen-bond acceptors (Lipinski definition) is 7. The number of carbonyl (C=O) groups excluding carboxylic acids is 1. The van der Waals surface area contributed by atoms with Crippen LogP contribution < -0.4 is 4.74 Å². The Kier molecular flexibility index (Phi) is 6.69. The number of benzene rings is 2. The topological polar surface area (TPSA) is 140 Å². The summed E-state index contributed by atoms with van der Waals surface area (Å²) in [5, 5.41) is 29.6. The van der Waals surface area contributed by atoms with E-state index < -0.39 is 45.6 Å². The standard InChI is InChI=1S/C18H12ClFN2O7/c1-2-28-18(25)14(17(23)24)12-3-4-13(22(26)27)16(15(12)20)29-11-6-9(8-21)5-10(19)7-11/h3-7,14H,2H2,1H3,(H,23,24). The van der Waals surface area contributed by atoms with Crippen LogP contribution in [0.1, 0.15) is 24.0 Å². The highest BCUT2D eigenvalue weighted by Gasteiger charge is 2.36. The first-order valence-corrected chi connectivity index (χ1v) is 8.32. The number of rotatable bonds is 7. The molecule has 11 heteroatoms. The van der Waals surface area contributed by atoms with E-state index >= 15 is 4.39 Å². The fourth-order valence-corrected chi connectivity index (χ4v) is 2.64. The fourth-order valence-electron chi connectivity index (χ4n) is 2.42. The van der Waals surface area contributed by atoms with Gasteiger partial charge in [0, 0.05) is 16.7 Å². The molecule has 0 radical (unpaired) electrons. The summed E-state index contributed by atoms with van der Waals surface area (Å²) < 4.78 is 25.0. The van der Waals surface area contributed by atoms with Crippen molar-refractivity contribution < 1.29 is 33.5 Å². The molecule has 0 amide bonds. The molecule has 2 aromatic carbocycles. The van der Waals surface area contributed by atoms with Gasteiger partial charge >= 0.3 is 17.6 Å². The number of carboxylic acid groups (broad SMARTS) is 1. The molecule has 0 spiro atoms. The Balaban J connectivity index is 2.64. The van der Waals surface area contributed by atoms with E-state index in [2.05, 4.69) is 4.74 Å². The molecular formula is C18H12ClFN2O7. The third kappa shape index (κ3) is 4.77. The van der Waals surface area contributed by atoms with Crippen molar-refractivity contribution in [3.63, 3.8) is 0 Å². The molecule has 0 aliphatic heterocycles. The lowest BCUT2D eigenvalue weighted by Crippen LogP contribution is -2.25. The number of hydrogen-bond donors (Lipinski definition) is 1. The van der Waals surface area contributed by atoms with Crippen molar-refractivity contribution in [2.45, 2.75) is 12.8 Å². The zero-order valence-corrected chi connectivity index (χ0v) is 15.5. The maximum atomic E-state index is 15.1. The summed E-state index contributed by atoms with van der Waals surface area (Å²) in [5.74, 6) is -7.58. The molecule has 2 aromatic rings. The highest BCUT2D eigenvalue weighted by molar-refractivity contribution is 6.30. The first kappa shape index (κ1) is 21.6. The number of aliphatic carboxylic acids is 1. The van der Waals surface area contributed by atoms with E-state index in [1.807, 2.05) is 0 Å². The van der Waals surface area contributed by atoms with Gasteiger partial charge in [0.15, 0.2) is 11.7 Å². The van der Waals surface area contributed by atoms with Gasteiger partial charge in [0.25, 0.3) is 0 Å². The van der Waals surface area contributed by atoms with Crippen LogP contribution in [0.4, 0.5) is 10.1 Å². The second kappa shape index (κ2) is 8.99. The quantitative estimate of drug-likeness (QED) is 0.307. The van der Waals surface area contributed by atoms with Crippen molar-refractivity contribution >= 4 is 29.2 Å². The van der Waals surface area contributed by atoms with Crippen LogP contribution in [0.5, 0.6) is 11.5 Å². The summed E-state index contributed by atoms with van der Waals surface area (Å²) in [4.78, 5) is 33.8. The largest absolute Gasteiger partial charge is 0.480 e. The molecule has 0 aromatic heterocycles. The molecule has 0 bridgehead atoms. The molecule has 1 atom stereocenters. The molecule has 0 aliphatic carbocycles. The van der Waals surface area contributed by atoms with Gasteiger partial charge in [-0.15, -0.1) is 0 Å². The Morgan fingerprint density at radius 2 is 2.07 bits per heavy atom. The molecule has 1 N–H and O–H groups in total. The molecule has 0 saturated carbocycles. The van der Waals surface area contributed by atoms with Crippen LogP contribution in [0.25, 0.3) is 0 Å². The van der Waals surface area contributed by atoms with Crippen LogP contribution in [0.3, 0.4) is 0 Å². The molecular weight excluding hydrogens is 411 g/mol. The first-order chi connectivity index (χ1) is 13.7. The number of carboxylic acids is 1. The summed E-state index contributed by atoms with van der Waals surface area (Å²) in [7, 11) is 0. The summed E-state index contributed by atoms with van der Waals surface area (Å²) in [6.45, 7) is 1.28. The van der Waals surface area contributed by atoms with E-state index in [1.54, 1.807) is 6.07 Å². The average Bonchev–Trinajstić information content (AvgIpc) is 2.64. The van der Waals surface area contributed by atoms with Gasteiger partial charge < -0.3 is 14.6 Å². The number of nitro groups is 1. The molecule has 2 rings (SSSR count). The number of nitriles is 1. The van der Waals surface area contributed by atoms with E-state index in [1.165, 1.54) is 19.1 Å². The van der Waals surface area contributed by atoms with E-state index in [-0.39, 0.29) is 22.9 Å². The molecule has 0 saturated heterocycles. The predicted molar refractivity (Wildman–Crippen MR) is 96.3 cm³/mol. The Labute approximate surface area is 168 Å². The monoisotopic (exact) mass is 422 g/mol. The number of nitro benzene ring substituents is 1. The van der Waals surface area contributed by atoms with Gasteiger partial charge in [-0.25, -0.2) is 4.39 Å². The molecule has 0 heterocycles. The van der Waals surface area contributed by atoms with Gasteiger partial charge in [0.05, 0.1) is 23.2 Å². The van der Waals surface area contributed by atoms with Gasteiger partial charge in [-0.05, 0) is 31.2 Å². The van der Waals surface area contributed by atoms with E-state index in [0.29, 0.717) is 0 Å². The second-order valence-corrected chi connectivity index (χ2v) is 5.92. The summed E-state index contributed by atoms with van der Waals surface area (Å²) in [5.41, 5.74) is -1.46. The molecule has 1 unspecified atom stereocenters. The van der Waals surface area contributed by atoms with Crippen molar-refractivity contribution in [2.75, 3.05) is 6.61 Å². The Morgan fingerprint density at radius 3 is 2.62 bits per heavy atom. The highest BCUT2D eigenvalue weighted by atomic mass is 35.5. The van der Waals surface area contributed by atoms with Gasteiger partial charge in [0.1, 0.15) is 5.75 Å². The summed E-state index contributed by atoms with van der Waals surface area (Å²) in [6.07, 6.45) is 0. The van der Waals surface area contributed by atoms with Gasteiger partial charge in [0.2, 0.25) is 5.75 Å². The van der Waals surface area contributed by atoms with E-state index in [4.69, 9.17) is 21.6 Å². The van der Waals surface area contributed by atoms with Crippen molar-refractivity contribution in [3.8, 4) is 17.6 Å². The molecule has 150 valence electrons. The number of esters is 1. The molecule has 9 nitrogen and oxygen atoms in total. The van der Waals surface area contributed by atoms with Crippen LogP contribution in [0.2, 0.25) is 5.02 Å². The second-order valence-electron chi connectivity index (χ2n) is 5.49. The number of nitrogens with zero attached hydrogens (tertiary/aromatic N) is 2. The lowest BCUT2D eigenvalue weighted by Gasteiger charge is -2.15. The van der Waals surface area contributed by atoms with Crippen LogP contribution in [0.15, 0.2) is 30.3 Å². The minimum atomic E-state index is -2.06. The minimum absolute atomic E-state index is 0.0432. The number of ether oxygens (including phenoxy) is 2. The maximum Gasteiger partial charge on any atom is 0.324 e. The van der Waals surface area contributed by atoms with Crippen LogP contribution in [0, 0.1) is 27.3 Å². The minimum Gasteiger partial charge on any atom is -0.480 e. The average molecular weight is 423 g/mol. The first-order valence-electron chi connectivity index (χ1n) is 7.94. The fraction of sp³-hybridized carbons (Fsp3) is 0.167. The predicted octanol–water partition coefficient (Wildman–Crippen LogP) is 3.78. The van der Waals surface area contributed by atoms with Crippen LogP contribution in [-0.2, 0) is 14.3 Å². The summed E-state index contributed by atoms with van der Waals surface area (Å²) >= 11 is 5.84. The Hall–Kier alpha value is -3.71. The van der Waals surface area contributed by atoms with Crippen molar-refractivity contribution in [2.24, 2.45) is 0 Å². The van der Waals surface area contributed by atoms with Gasteiger partial charge in [-0.1, -0.05) is 11.6 Å². The molecule has 29 heavy (non-hydrogen) atoms. The Bertz CT molecular complexity index is 1040. The molecule has 0 aliphatic rings. The van der Waals surface area contributed by atoms with E-state index in [9.17, 15) is 24.8 Å². The van der Waals surface area contributed by atoms with Crippen LogP contribution in [-0.4, -0.2) is 28.6 Å². The highest BCUT2D eigenvalue weighted by Crippen LogP contribution is 2.39. The van der Waals surface area contributed by atoms with Crippen LogP contribution >= 0.6 is 11.6 Å². The smallest absolute Gasteiger partial charge is 0.324 e. The third-order valence-electron chi connectivity index (χ3n) is 3.60. The maximum absolute atomic E-state index is 15.1. The zero-order chi connectivity index (χ0) is 21.7. The summed E-state index contributed by atoms with van der Waals surface area (Å²) in [6, 6.07) is 7.01. The van der Waals surface area contributed by atoms with Crippen molar-refractivity contribution in [3.05, 3.63) is 62.4 Å². The van der Waals surface area contributed by atoms with Crippen molar-refractivity contribution in [1.82, 2.24) is 0 Å². The molecule has 0 fully saturated rings. The Morgan fingerprint density at radius 1 is 1.38 bits per heavy atom. The lowest BCUT2D eigenvalue weighted by molar-refractivity contribution is -0.385. The van der Waals surface area contributed by atoms with Gasteiger partial charge in [-0.3, -0.25) is 19.7 Å².